The van der Waals surface area contributed by atoms with Gasteiger partial charge in [-0.15, -0.1) is 0 Å². The summed E-state index contributed by atoms with van der Waals surface area (Å²) in [6.07, 6.45) is 2.84. The molecule has 0 radical (unpaired) electrons. The summed E-state index contributed by atoms with van der Waals surface area (Å²) in [5.41, 5.74) is 0.447. The fraction of sp³-hybridized carbons (Fsp3) is 0.933. The third-order valence-electron chi connectivity index (χ3n) is 4.80. The molecule has 2 rings (SSSR count). The van der Waals surface area contributed by atoms with E-state index in [1.54, 1.807) is 0 Å². The van der Waals surface area contributed by atoms with E-state index >= 15 is 0 Å². The Bertz CT molecular complexity index is 332. The summed E-state index contributed by atoms with van der Waals surface area (Å²) in [5, 5.41) is 0.966. The van der Waals surface area contributed by atoms with Gasteiger partial charge in [-0.2, -0.15) is 0 Å². The summed E-state index contributed by atoms with van der Waals surface area (Å²) >= 11 is 3.66. The molecule has 2 heterocycles. The summed E-state index contributed by atoms with van der Waals surface area (Å²) in [5.74, 6) is 0.832. The molecule has 0 bridgehead atoms. The maximum absolute atomic E-state index is 12.2. The first-order chi connectivity index (χ1) is 8.86. The number of halogens is 1. The smallest absolute Gasteiger partial charge is 0.222 e. The lowest BCUT2D eigenvalue weighted by Gasteiger charge is -2.39. The first-order valence-electron chi connectivity index (χ1n) is 7.28. The van der Waals surface area contributed by atoms with Crippen molar-refractivity contribution in [2.24, 2.45) is 16.7 Å². The van der Waals surface area contributed by atoms with Crippen molar-refractivity contribution in [1.82, 2.24) is 4.90 Å². The summed E-state index contributed by atoms with van der Waals surface area (Å²) in [6, 6.07) is 0. The van der Waals surface area contributed by atoms with Crippen molar-refractivity contribution in [3.05, 3.63) is 0 Å². The molecule has 2 saturated heterocycles. The predicted molar refractivity (Wildman–Crippen MR) is 80.4 cm³/mol. The molecule has 110 valence electrons. The molecule has 2 aliphatic heterocycles. The number of alkyl halides is 1. The molecule has 1 amide bonds. The zero-order chi connectivity index (χ0) is 14.1. The van der Waals surface area contributed by atoms with Crippen LogP contribution in [0.25, 0.3) is 0 Å². The van der Waals surface area contributed by atoms with Gasteiger partial charge >= 0.3 is 0 Å². The lowest BCUT2D eigenvalue weighted by atomic mass is 9.80. The van der Waals surface area contributed by atoms with Gasteiger partial charge in [0.25, 0.3) is 0 Å². The van der Waals surface area contributed by atoms with Crippen LogP contribution in [0, 0.1) is 16.7 Å². The highest BCUT2D eigenvalue weighted by Gasteiger charge is 2.41. The van der Waals surface area contributed by atoms with E-state index in [9.17, 15) is 4.79 Å². The molecule has 0 aromatic carbocycles. The van der Waals surface area contributed by atoms with Crippen molar-refractivity contribution < 1.29 is 9.53 Å². The van der Waals surface area contributed by atoms with E-state index in [-0.39, 0.29) is 10.8 Å². The minimum atomic E-state index is 0.223. The first-order valence-corrected chi connectivity index (χ1v) is 8.40. The second-order valence-electron chi connectivity index (χ2n) is 7.29. The van der Waals surface area contributed by atoms with Crippen LogP contribution in [0.3, 0.4) is 0 Å². The van der Waals surface area contributed by atoms with E-state index in [0.29, 0.717) is 11.8 Å². The zero-order valence-corrected chi connectivity index (χ0v) is 14.0. The molecule has 2 fully saturated rings. The third kappa shape index (κ3) is 3.52. The van der Waals surface area contributed by atoms with Crippen LogP contribution < -0.4 is 0 Å². The minimum absolute atomic E-state index is 0.223. The Labute approximate surface area is 125 Å². The van der Waals surface area contributed by atoms with Gasteiger partial charge in [-0.3, -0.25) is 4.79 Å². The van der Waals surface area contributed by atoms with E-state index < -0.39 is 0 Å². The SMILES string of the molecule is CC(C)(C)C1CC(=O)N(CC2(CBr)CCOCC2)C1. The van der Waals surface area contributed by atoms with E-state index in [1.165, 1.54) is 0 Å². The number of amides is 1. The van der Waals surface area contributed by atoms with Crippen molar-refractivity contribution in [3.8, 4) is 0 Å². The maximum Gasteiger partial charge on any atom is 0.222 e. The highest BCUT2D eigenvalue weighted by Crippen LogP contribution is 2.38. The van der Waals surface area contributed by atoms with Crippen LogP contribution in [0.2, 0.25) is 0 Å². The number of hydrogen-bond acceptors (Lipinski definition) is 2. The fourth-order valence-corrected chi connectivity index (χ4v) is 3.79. The number of likely N-dealkylation sites (tertiary alicyclic amines) is 1. The number of rotatable bonds is 3. The zero-order valence-electron chi connectivity index (χ0n) is 12.4. The molecule has 4 heteroatoms. The predicted octanol–water partition coefficient (Wildman–Crippen LogP) is 3.07. The lowest BCUT2D eigenvalue weighted by Crippen LogP contribution is -2.43. The van der Waals surface area contributed by atoms with Gasteiger partial charge in [0.15, 0.2) is 0 Å². The minimum Gasteiger partial charge on any atom is -0.381 e. The van der Waals surface area contributed by atoms with Crippen molar-refractivity contribution in [1.29, 1.82) is 0 Å². The Kier molecular flexibility index (Phi) is 4.61. The molecule has 2 aliphatic rings. The average molecular weight is 332 g/mol. The summed E-state index contributed by atoms with van der Waals surface area (Å²) in [7, 11) is 0. The molecule has 0 aromatic heterocycles. The van der Waals surface area contributed by atoms with E-state index in [1.807, 2.05) is 0 Å². The van der Waals surface area contributed by atoms with Crippen molar-refractivity contribution in [2.45, 2.75) is 40.0 Å². The Morgan fingerprint density at radius 1 is 1.37 bits per heavy atom. The standard InChI is InChI=1S/C15H26BrNO2/c1-14(2,3)12-8-13(18)17(9-12)11-15(10-16)4-6-19-7-5-15/h12H,4-11H2,1-3H3. The largest absolute Gasteiger partial charge is 0.381 e. The van der Waals surface area contributed by atoms with Crippen molar-refractivity contribution >= 4 is 21.8 Å². The van der Waals surface area contributed by atoms with Gasteiger partial charge in [-0.25, -0.2) is 0 Å². The third-order valence-corrected chi connectivity index (χ3v) is 5.99. The molecule has 3 nitrogen and oxygen atoms in total. The number of hydrogen-bond donors (Lipinski definition) is 0. The molecule has 19 heavy (non-hydrogen) atoms. The highest BCUT2D eigenvalue weighted by molar-refractivity contribution is 9.09. The number of ether oxygens (including phenoxy) is 1. The van der Waals surface area contributed by atoms with Crippen LogP contribution >= 0.6 is 15.9 Å². The number of carbonyl (C=O) groups excluding carboxylic acids is 1. The molecule has 0 aliphatic carbocycles. The highest BCUT2D eigenvalue weighted by atomic mass is 79.9. The Balaban J connectivity index is 2.00. The van der Waals surface area contributed by atoms with Crippen LogP contribution in [0.4, 0.5) is 0 Å². The monoisotopic (exact) mass is 331 g/mol. The molecular formula is C15H26BrNO2. The first kappa shape index (κ1) is 15.3. The number of carbonyl (C=O) groups is 1. The normalized spacial score (nSPS) is 27.9. The van der Waals surface area contributed by atoms with Crippen LogP contribution in [0.1, 0.15) is 40.0 Å². The van der Waals surface area contributed by atoms with Crippen molar-refractivity contribution in [3.63, 3.8) is 0 Å². The van der Waals surface area contributed by atoms with Gasteiger partial charge in [0.05, 0.1) is 0 Å². The van der Waals surface area contributed by atoms with Crippen LogP contribution in [-0.2, 0) is 9.53 Å². The summed E-state index contributed by atoms with van der Waals surface area (Å²) < 4.78 is 5.47. The summed E-state index contributed by atoms with van der Waals surface area (Å²) in [4.78, 5) is 14.3. The van der Waals surface area contributed by atoms with Gasteiger partial charge < -0.3 is 9.64 Å². The van der Waals surface area contributed by atoms with Gasteiger partial charge in [0, 0.05) is 43.5 Å². The lowest BCUT2D eigenvalue weighted by molar-refractivity contribution is -0.129. The Hall–Kier alpha value is -0.0900. The number of nitrogens with zero attached hydrogens (tertiary/aromatic N) is 1. The maximum atomic E-state index is 12.2. The second kappa shape index (κ2) is 5.72. The molecule has 0 spiro atoms. The molecule has 1 atom stereocenters. The van der Waals surface area contributed by atoms with E-state index in [0.717, 1.165) is 50.9 Å². The average Bonchev–Trinajstić information content (AvgIpc) is 2.72. The van der Waals surface area contributed by atoms with Gasteiger partial charge in [-0.05, 0) is 24.2 Å². The Morgan fingerprint density at radius 2 is 2.00 bits per heavy atom. The molecule has 1 unspecified atom stereocenters. The van der Waals surface area contributed by atoms with Gasteiger partial charge in [0.2, 0.25) is 5.91 Å². The Morgan fingerprint density at radius 3 is 2.47 bits per heavy atom. The molecule has 0 aromatic rings. The second-order valence-corrected chi connectivity index (χ2v) is 7.85. The topological polar surface area (TPSA) is 29.5 Å². The van der Waals surface area contributed by atoms with Crippen molar-refractivity contribution in [2.75, 3.05) is 31.6 Å². The van der Waals surface area contributed by atoms with Crippen LogP contribution in [0.5, 0.6) is 0 Å². The molecule has 0 N–H and O–H groups in total. The molecule has 0 saturated carbocycles. The van der Waals surface area contributed by atoms with Crippen LogP contribution in [-0.4, -0.2) is 42.4 Å². The van der Waals surface area contributed by atoms with Crippen LogP contribution in [0.15, 0.2) is 0 Å². The van der Waals surface area contributed by atoms with Gasteiger partial charge in [0.1, 0.15) is 0 Å². The molecular weight excluding hydrogens is 306 g/mol. The van der Waals surface area contributed by atoms with E-state index in [2.05, 4.69) is 41.6 Å². The fourth-order valence-electron chi connectivity index (χ4n) is 3.05. The quantitative estimate of drug-likeness (QED) is 0.744. The van der Waals surface area contributed by atoms with Gasteiger partial charge in [-0.1, -0.05) is 36.7 Å². The summed E-state index contributed by atoms with van der Waals surface area (Å²) in [6.45, 7) is 10.2. The van der Waals surface area contributed by atoms with E-state index in [4.69, 9.17) is 4.74 Å².